The lowest BCUT2D eigenvalue weighted by Crippen LogP contribution is -2.43. The molecule has 1 aromatic carbocycles. The van der Waals surface area contributed by atoms with Gasteiger partial charge in [0.05, 0.1) is 26.5 Å². The van der Waals surface area contributed by atoms with Crippen molar-refractivity contribution in [2.45, 2.75) is 13.0 Å². The van der Waals surface area contributed by atoms with Crippen molar-refractivity contribution in [3.05, 3.63) is 36.7 Å². The zero-order chi connectivity index (χ0) is 16.2. The molecular weight excluding hydrogens is 294 g/mol. The molecule has 0 radical (unpaired) electrons. The Bertz CT molecular complexity index is 660. The molecule has 2 heterocycles. The Balaban J connectivity index is 1.73. The van der Waals surface area contributed by atoms with Crippen LogP contribution in [0.25, 0.3) is 11.1 Å². The van der Waals surface area contributed by atoms with Crippen molar-refractivity contribution in [3.63, 3.8) is 0 Å². The first-order valence-electron chi connectivity index (χ1n) is 7.74. The third-order valence-electron chi connectivity index (χ3n) is 4.10. The standard InChI is InChI=1S/C17H21N3O3/c1-13(17(21)19-7-9-23-10-8-19)20-12-15(11-18-20)14-3-5-16(22-2)6-4-14/h3-6,11-13H,7-10H2,1-2H3/t13-/m0/s1. The second-order valence-corrected chi connectivity index (χ2v) is 5.55. The van der Waals surface area contributed by atoms with E-state index >= 15 is 0 Å². The molecule has 1 amide bonds. The molecule has 0 bridgehead atoms. The van der Waals surface area contributed by atoms with Gasteiger partial charge in [-0.15, -0.1) is 0 Å². The van der Waals surface area contributed by atoms with E-state index in [1.54, 1.807) is 18.0 Å². The molecule has 23 heavy (non-hydrogen) atoms. The third-order valence-corrected chi connectivity index (χ3v) is 4.10. The van der Waals surface area contributed by atoms with E-state index in [0.29, 0.717) is 26.3 Å². The van der Waals surface area contributed by atoms with Crippen molar-refractivity contribution in [2.75, 3.05) is 33.4 Å². The van der Waals surface area contributed by atoms with Crippen LogP contribution in [0.2, 0.25) is 0 Å². The molecule has 1 fully saturated rings. The summed E-state index contributed by atoms with van der Waals surface area (Å²) in [5.74, 6) is 0.898. The number of morpholine rings is 1. The predicted molar refractivity (Wildman–Crippen MR) is 86.3 cm³/mol. The number of carbonyl (C=O) groups excluding carboxylic acids is 1. The number of rotatable bonds is 4. The summed E-state index contributed by atoms with van der Waals surface area (Å²) in [5, 5.41) is 4.36. The number of hydrogen-bond acceptors (Lipinski definition) is 4. The molecule has 6 nitrogen and oxygen atoms in total. The zero-order valence-electron chi connectivity index (χ0n) is 13.4. The van der Waals surface area contributed by atoms with E-state index < -0.39 is 0 Å². The molecule has 2 aromatic rings. The molecule has 1 aliphatic rings. The van der Waals surface area contributed by atoms with Crippen molar-refractivity contribution in [1.29, 1.82) is 0 Å². The number of hydrogen-bond donors (Lipinski definition) is 0. The minimum Gasteiger partial charge on any atom is -0.497 e. The molecule has 1 saturated heterocycles. The van der Waals surface area contributed by atoms with Gasteiger partial charge in [0.2, 0.25) is 5.91 Å². The molecule has 122 valence electrons. The van der Waals surface area contributed by atoms with E-state index in [-0.39, 0.29) is 11.9 Å². The fourth-order valence-corrected chi connectivity index (χ4v) is 2.64. The fraction of sp³-hybridized carbons (Fsp3) is 0.412. The van der Waals surface area contributed by atoms with Crippen molar-refractivity contribution in [2.24, 2.45) is 0 Å². The molecule has 0 unspecified atom stereocenters. The van der Waals surface area contributed by atoms with E-state index in [9.17, 15) is 4.79 Å². The minimum atomic E-state index is -0.319. The molecule has 1 aliphatic heterocycles. The normalized spacial score (nSPS) is 16.2. The lowest BCUT2D eigenvalue weighted by molar-refractivity contribution is -0.138. The number of ether oxygens (including phenoxy) is 2. The molecule has 0 aliphatic carbocycles. The number of aromatic nitrogens is 2. The molecule has 6 heteroatoms. The van der Waals surface area contributed by atoms with Crippen LogP contribution in [0.4, 0.5) is 0 Å². The predicted octanol–water partition coefficient (Wildman–Crippen LogP) is 1.98. The number of nitrogens with zero attached hydrogens (tertiary/aromatic N) is 3. The minimum absolute atomic E-state index is 0.0812. The summed E-state index contributed by atoms with van der Waals surface area (Å²) in [4.78, 5) is 14.4. The lowest BCUT2D eigenvalue weighted by Gasteiger charge is -2.29. The molecule has 1 aromatic heterocycles. The quantitative estimate of drug-likeness (QED) is 0.866. The van der Waals surface area contributed by atoms with Crippen LogP contribution in [-0.4, -0.2) is 54.0 Å². The Labute approximate surface area is 135 Å². The first-order valence-corrected chi connectivity index (χ1v) is 7.74. The van der Waals surface area contributed by atoms with E-state index in [1.807, 2.05) is 42.3 Å². The molecule has 0 saturated carbocycles. The zero-order valence-corrected chi connectivity index (χ0v) is 13.4. The highest BCUT2D eigenvalue weighted by atomic mass is 16.5. The van der Waals surface area contributed by atoms with Gasteiger partial charge in [-0.3, -0.25) is 9.48 Å². The Hall–Kier alpha value is -2.34. The number of benzene rings is 1. The van der Waals surface area contributed by atoms with Gasteiger partial charge in [-0.2, -0.15) is 5.10 Å². The van der Waals surface area contributed by atoms with E-state index in [1.165, 1.54) is 0 Å². The summed E-state index contributed by atoms with van der Waals surface area (Å²) in [7, 11) is 1.64. The summed E-state index contributed by atoms with van der Waals surface area (Å²) in [6, 6.07) is 7.47. The second-order valence-electron chi connectivity index (χ2n) is 5.55. The Morgan fingerprint density at radius 1 is 1.22 bits per heavy atom. The maximum atomic E-state index is 12.5. The van der Waals surface area contributed by atoms with Crippen LogP contribution in [0, 0.1) is 0 Å². The number of methoxy groups -OCH3 is 1. The first-order chi connectivity index (χ1) is 11.2. The summed E-state index contributed by atoms with van der Waals surface area (Å²) in [5.41, 5.74) is 2.03. The van der Waals surface area contributed by atoms with E-state index in [2.05, 4.69) is 5.10 Å². The Morgan fingerprint density at radius 3 is 2.57 bits per heavy atom. The average Bonchev–Trinajstić information content (AvgIpc) is 3.11. The van der Waals surface area contributed by atoms with Crippen LogP contribution in [0.3, 0.4) is 0 Å². The molecule has 3 rings (SSSR count). The van der Waals surface area contributed by atoms with Gasteiger partial charge < -0.3 is 14.4 Å². The lowest BCUT2D eigenvalue weighted by atomic mass is 10.1. The first kappa shape index (κ1) is 15.6. The highest BCUT2D eigenvalue weighted by Gasteiger charge is 2.24. The van der Waals surface area contributed by atoms with Gasteiger partial charge in [0.25, 0.3) is 0 Å². The van der Waals surface area contributed by atoms with Gasteiger partial charge >= 0.3 is 0 Å². The highest BCUT2D eigenvalue weighted by molar-refractivity contribution is 5.80. The topological polar surface area (TPSA) is 56.6 Å². The highest BCUT2D eigenvalue weighted by Crippen LogP contribution is 2.23. The van der Waals surface area contributed by atoms with Crippen LogP contribution in [-0.2, 0) is 9.53 Å². The van der Waals surface area contributed by atoms with E-state index in [4.69, 9.17) is 9.47 Å². The molecule has 0 spiro atoms. The van der Waals surface area contributed by atoms with Gasteiger partial charge in [-0.05, 0) is 24.6 Å². The monoisotopic (exact) mass is 315 g/mol. The summed E-state index contributed by atoms with van der Waals surface area (Å²) in [6.45, 7) is 4.39. The van der Waals surface area contributed by atoms with Gasteiger partial charge in [0, 0.05) is 24.8 Å². The molecule has 1 atom stereocenters. The number of amides is 1. The van der Waals surface area contributed by atoms with Gasteiger partial charge in [-0.25, -0.2) is 0 Å². The average molecular weight is 315 g/mol. The van der Waals surface area contributed by atoms with Crippen molar-refractivity contribution >= 4 is 5.91 Å². The summed E-state index contributed by atoms with van der Waals surface area (Å²) in [6.07, 6.45) is 3.69. The van der Waals surface area contributed by atoms with Gasteiger partial charge in [0.1, 0.15) is 11.8 Å². The van der Waals surface area contributed by atoms with Crippen LogP contribution in [0.15, 0.2) is 36.7 Å². The fourth-order valence-electron chi connectivity index (χ4n) is 2.64. The Kier molecular flexibility index (Phi) is 4.62. The van der Waals surface area contributed by atoms with Crippen LogP contribution < -0.4 is 4.74 Å². The van der Waals surface area contributed by atoms with Gasteiger partial charge in [0.15, 0.2) is 0 Å². The third kappa shape index (κ3) is 3.37. The second kappa shape index (κ2) is 6.83. The van der Waals surface area contributed by atoms with E-state index in [0.717, 1.165) is 16.9 Å². The Morgan fingerprint density at radius 2 is 1.91 bits per heavy atom. The van der Waals surface area contributed by atoms with Crippen LogP contribution >= 0.6 is 0 Å². The van der Waals surface area contributed by atoms with Crippen LogP contribution in [0.1, 0.15) is 13.0 Å². The van der Waals surface area contributed by atoms with Crippen LogP contribution in [0.5, 0.6) is 5.75 Å². The van der Waals surface area contributed by atoms with Crippen molar-refractivity contribution < 1.29 is 14.3 Å². The number of carbonyl (C=O) groups is 1. The molecule has 0 N–H and O–H groups in total. The van der Waals surface area contributed by atoms with Crippen molar-refractivity contribution in [3.8, 4) is 16.9 Å². The maximum Gasteiger partial charge on any atom is 0.247 e. The SMILES string of the molecule is COc1ccc(-c2cnn([C@@H](C)C(=O)N3CCOCC3)c2)cc1. The largest absolute Gasteiger partial charge is 0.497 e. The molecular formula is C17H21N3O3. The van der Waals surface area contributed by atoms with Crippen molar-refractivity contribution in [1.82, 2.24) is 14.7 Å². The van der Waals surface area contributed by atoms with Gasteiger partial charge in [-0.1, -0.05) is 12.1 Å². The summed E-state index contributed by atoms with van der Waals surface area (Å²) < 4.78 is 12.2. The summed E-state index contributed by atoms with van der Waals surface area (Å²) >= 11 is 0. The smallest absolute Gasteiger partial charge is 0.247 e. The maximum absolute atomic E-state index is 12.5.